The Morgan fingerprint density at radius 3 is 2.59 bits per heavy atom. The molecule has 4 rings (SSSR count). The SMILES string of the molecule is O=C(NC1(C#Cc2cncc(C(=O)N3CCOCC3)c2)CCCCC1)c1ccccc1F. The third-order valence-corrected chi connectivity index (χ3v) is 5.91. The monoisotopic (exact) mass is 435 g/mol. The molecule has 1 aromatic heterocycles. The van der Waals surface area contributed by atoms with E-state index in [-0.39, 0.29) is 11.5 Å². The molecule has 2 amide bonds. The highest BCUT2D eigenvalue weighted by Crippen LogP contribution is 2.28. The summed E-state index contributed by atoms with van der Waals surface area (Å²) < 4.78 is 19.4. The summed E-state index contributed by atoms with van der Waals surface area (Å²) in [5.74, 6) is 5.23. The average molecular weight is 435 g/mol. The quantitative estimate of drug-likeness (QED) is 0.752. The van der Waals surface area contributed by atoms with Gasteiger partial charge in [-0.2, -0.15) is 0 Å². The van der Waals surface area contributed by atoms with Crippen LogP contribution in [-0.2, 0) is 4.74 Å². The molecule has 1 N–H and O–H groups in total. The van der Waals surface area contributed by atoms with Crippen LogP contribution in [0.2, 0.25) is 0 Å². The topological polar surface area (TPSA) is 71.5 Å². The van der Waals surface area contributed by atoms with E-state index in [4.69, 9.17) is 4.74 Å². The zero-order valence-electron chi connectivity index (χ0n) is 17.9. The predicted octanol–water partition coefficient (Wildman–Crippen LogP) is 3.18. The molecule has 0 atom stereocenters. The van der Waals surface area contributed by atoms with Gasteiger partial charge in [-0.1, -0.05) is 43.2 Å². The number of rotatable bonds is 3. The van der Waals surface area contributed by atoms with Crippen LogP contribution in [0.5, 0.6) is 0 Å². The highest BCUT2D eigenvalue weighted by atomic mass is 19.1. The van der Waals surface area contributed by atoms with Crippen molar-refractivity contribution in [2.45, 2.75) is 37.6 Å². The Balaban J connectivity index is 1.55. The first-order valence-electron chi connectivity index (χ1n) is 11.0. The minimum absolute atomic E-state index is 0.0130. The molecule has 1 saturated carbocycles. The molecule has 2 aliphatic rings. The second kappa shape index (κ2) is 9.92. The third kappa shape index (κ3) is 5.14. The van der Waals surface area contributed by atoms with Gasteiger partial charge in [0.25, 0.3) is 11.8 Å². The summed E-state index contributed by atoms with van der Waals surface area (Å²) in [5.41, 5.74) is 0.363. The van der Waals surface area contributed by atoms with Gasteiger partial charge in [0, 0.05) is 31.0 Å². The number of nitrogens with zero attached hydrogens (tertiary/aromatic N) is 2. The van der Waals surface area contributed by atoms with Gasteiger partial charge in [0.05, 0.1) is 24.3 Å². The summed E-state index contributed by atoms with van der Waals surface area (Å²) in [7, 11) is 0. The number of aromatic nitrogens is 1. The fourth-order valence-corrected chi connectivity index (χ4v) is 4.13. The summed E-state index contributed by atoms with van der Waals surface area (Å²) in [6.07, 6.45) is 7.47. The van der Waals surface area contributed by atoms with Crippen LogP contribution in [0.15, 0.2) is 42.7 Å². The van der Waals surface area contributed by atoms with Gasteiger partial charge in [0.2, 0.25) is 0 Å². The Hall–Kier alpha value is -3.24. The molecule has 1 aliphatic heterocycles. The van der Waals surface area contributed by atoms with Crippen LogP contribution in [0.1, 0.15) is 58.4 Å². The molecule has 0 radical (unpaired) electrons. The van der Waals surface area contributed by atoms with E-state index in [1.807, 2.05) is 0 Å². The summed E-state index contributed by atoms with van der Waals surface area (Å²) in [5, 5.41) is 2.99. The highest BCUT2D eigenvalue weighted by molar-refractivity contribution is 5.95. The van der Waals surface area contributed by atoms with Crippen molar-refractivity contribution in [3.05, 3.63) is 65.2 Å². The second-order valence-electron chi connectivity index (χ2n) is 8.19. The Morgan fingerprint density at radius 1 is 1.09 bits per heavy atom. The molecule has 0 unspecified atom stereocenters. The molecule has 0 spiro atoms. The maximum absolute atomic E-state index is 14.1. The lowest BCUT2D eigenvalue weighted by Gasteiger charge is -2.33. The van der Waals surface area contributed by atoms with E-state index in [0.29, 0.717) is 50.3 Å². The zero-order chi connectivity index (χ0) is 22.4. The number of carbonyl (C=O) groups excluding carboxylic acids is 2. The minimum Gasteiger partial charge on any atom is -0.378 e. The molecule has 1 saturated heterocycles. The van der Waals surface area contributed by atoms with Crippen molar-refractivity contribution in [1.29, 1.82) is 0 Å². The summed E-state index contributed by atoms with van der Waals surface area (Å²) in [6.45, 7) is 2.17. The first kappa shape index (κ1) is 22.0. The van der Waals surface area contributed by atoms with Gasteiger partial charge in [-0.05, 0) is 31.0 Å². The number of hydrogen-bond donors (Lipinski definition) is 1. The van der Waals surface area contributed by atoms with Crippen LogP contribution in [-0.4, -0.2) is 53.5 Å². The molecule has 6 nitrogen and oxygen atoms in total. The van der Waals surface area contributed by atoms with Gasteiger partial charge in [-0.15, -0.1) is 0 Å². The van der Waals surface area contributed by atoms with E-state index in [0.717, 1.165) is 19.3 Å². The van der Waals surface area contributed by atoms with Gasteiger partial charge in [-0.25, -0.2) is 4.39 Å². The fraction of sp³-hybridized carbons (Fsp3) is 0.400. The van der Waals surface area contributed by atoms with Crippen LogP contribution < -0.4 is 5.32 Å². The van der Waals surface area contributed by atoms with Crippen LogP contribution in [0.25, 0.3) is 0 Å². The molecule has 166 valence electrons. The van der Waals surface area contributed by atoms with Gasteiger partial charge in [0.15, 0.2) is 0 Å². The van der Waals surface area contributed by atoms with Crippen molar-refractivity contribution < 1.29 is 18.7 Å². The third-order valence-electron chi connectivity index (χ3n) is 5.91. The number of benzene rings is 1. The van der Waals surface area contributed by atoms with Crippen molar-refractivity contribution in [1.82, 2.24) is 15.2 Å². The second-order valence-corrected chi connectivity index (χ2v) is 8.19. The largest absolute Gasteiger partial charge is 0.378 e. The van der Waals surface area contributed by atoms with E-state index in [1.165, 1.54) is 12.1 Å². The van der Waals surface area contributed by atoms with Crippen LogP contribution in [0, 0.1) is 17.7 Å². The Morgan fingerprint density at radius 2 is 1.84 bits per heavy atom. The lowest BCUT2D eigenvalue weighted by Crippen LogP contribution is -2.49. The molecule has 1 aromatic carbocycles. The van der Waals surface area contributed by atoms with Crippen molar-refractivity contribution >= 4 is 11.8 Å². The first-order chi connectivity index (χ1) is 15.6. The number of halogens is 1. The predicted molar refractivity (Wildman–Crippen MR) is 118 cm³/mol. The number of morpholine rings is 1. The molecular weight excluding hydrogens is 409 g/mol. The molecule has 2 aromatic rings. The Kier molecular flexibility index (Phi) is 6.81. The van der Waals surface area contributed by atoms with E-state index in [2.05, 4.69) is 22.1 Å². The van der Waals surface area contributed by atoms with E-state index < -0.39 is 17.3 Å². The van der Waals surface area contributed by atoms with Crippen LogP contribution in [0.4, 0.5) is 4.39 Å². The van der Waals surface area contributed by atoms with Crippen molar-refractivity contribution in [2.24, 2.45) is 0 Å². The van der Waals surface area contributed by atoms with Crippen LogP contribution in [0.3, 0.4) is 0 Å². The molecule has 32 heavy (non-hydrogen) atoms. The van der Waals surface area contributed by atoms with Crippen molar-refractivity contribution in [2.75, 3.05) is 26.3 Å². The first-order valence-corrected chi connectivity index (χ1v) is 11.0. The lowest BCUT2D eigenvalue weighted by atomic mass is 9.81. The standard InChI is InChI=1S/C25H26FN3O3/c26-22-7-3-2-6-21(22)23(30)28-25(9-4-1-5-10-25)11-8-19-16-20(18-27-17-19)24(31)29-12-14-32-15-13-29/h2-3,6-7,16-18H,1,4-5,9-10,12-15H2,(H,28,30). The zero-order valence-corrected chi connectivity index (χ0v) is 17.9. The van der Waals surface area contributed by atoms with Crippen LogP contribution >= 0.6 is 0 Å². The van der Waals surface area contributed by atoms with Gasteiger partial charge < -0.3 is 15.0 Å². The smallest absolute Gasteiger partial charge is 0.255 e. The molecule has 7 heteroatoms. The number of pyridine rings is 1. The molecule has 2 fully saturated rings. The maximum Gasteiger partial charge on any atom is 0.255 e. The highest BCUT2D eigenvalue weighted by Gasteiger charge is 2.32. The Bertz CT molecular complexity index is 1050. The molecule has 0 bridgehead atoms. The number of hydrogen-bond acceptors (Lipinski definition) is 4. The minimum atomic E-state index is -0.734. The number of ether oxygens (including phenoxy) is 1. The number of amides is 2. The number of carbonyl (C=O) groups is 2. The summed E-state index contributed by atoms with van der Waals surface area (Å²) >= 11 is 0. The molecule has 2 heterocycles. The van der Waals surface area contributed by atoms with Gasteiger partial charge >= 0.3 is 0 Å². The maximum atomic E-state index is 14.1. The average Bonchev–Trinajstić information content (AvgIpc) is 2.84. The number of nitrogens with one attached hydrogen (secondary N) is 1. The van der Waals surface area contributed by atoms with Crippen molar-refractivity contribution in [3.8, 4) is 11.8 Å². The van der Waals surface area contributed by atoms with Gasteiger partial charge in [-0.3, -0.25) is 14.6 Å². The summed E-state index contributed by atoms with van der Waals surface area (Å²) in [4.78, 5) is 31.5. The van der Waals surface area contributed by atoms with E-state index >= 15 is 0 Å². The molecular formula is C25H26FN3O3. The van der Waals surface area contributed by atoms with E-state index in [9.17, 15) is 14.0 Å². The summed E-state index contributed by atoms with van der Waals surface area (Å²) in [6, 6.07) is 7.67. The van der Waals surface area contributed by atoms with Gasteiger partial charge in [0.1, 0.15) is 11.4 Å². The lowest BCUT2D eigenvalue weighted by molar-refractivity contribution is 0.0302. The Labute approximate surface area is 187 Å². The van der Waals surface area contributed by atoms with E-state index in [1.54, 1.807) is 35.5 Å². The normalized spacial score (nSPS) is 17.7. The molecule has 1 aliphatic carbocycles. The van der Waals surface area contributed by atoms with Crippen molar-refractivity contribution in [3.63, 3.8) is 0 Å². The fourth-order valence-electron chi connectivity index (χ4n) is 4.13.